The molecule has 3 heteroatoms. The first-order valence-electron chi connectivity index (χ1n) is 4.96. The van der Waals surface area contributed by atoms with Gasteiger partial charge in [0.1, 0.15) is 0 Å². The van der Waals surface area contributed by atoms with Crippen molar-refractivity contribution >= 4 is 11.6 Å². The van der Waals surface area contributed by atoms with Gasteiger partial charge >= 0.3 is 0 Å². The Morgan fingerprint density at radius 3 is 2.40 bits per heavy atom. The second kappa shape index (κ2) is 5.50. The lowest BCUT2D eigenvalue weighted by atomic mass is 9.97. The zero-order valence-electron chi connectivity index (χ0n) is 9.16. The maximum Gasteiger partial charge on any atom is 0.0717 e. The summed E-state index contributed by atoms with van der Waals surface area (Å²) in [6.45, 7) is 5.17. The molecule has 0 amide bonds. The van der Waals surface area contributed by atoms with Crippen LogP contribution in [-0.2, 0) is 11.3 Å². The normalized spacial score (nSPS) is 11.7. The number of benzene rings is 1. The molecule has 1 N–H and O–H groups in total. The van der Waals surface area contributed by atoms with Crippen LogP contribution in [0, 0.1) is 5.41 Å². The third kappa shape index (κ3) is 4.65. The Hall–Kier alpha value is -0.570. The van der Waals surface area contributed by atoms with Gasteiger partial charge in [-0.25, -0.2) is 0 Å². The third-order valence-electron chi connectivity index (χ3n) is 2.10. The van der Waals surface area contributed by atoms with E-state index in [0.29, 0.717) is 13.2 Å². The summed E-state index contributed by atoms with van der Waals surface area (Å²) in [6, 6.07) is 7.57. The van der Waals surface area contributed by atoms with Crippen molar-refractivity contribution in [3.8, 4) is 0 Å². The molecule has 0 unspecified atom stereocenters. The van der Waals surface area contributed by atoms with Gasteiger partial charge in [0, 0.05) is 10.4 Å². The highest BCUT2D eigenvalue weighted by molar-refractivity contribution is 6.30. The van der Waals surface area contributed by atoms with E-state index in [4.69, 9.17) is 21.4 Å². The van der Waals surface area contributed by atoms with Crippen molar-refractivity contribution in [3.05, 3.63) is 34.9 Å². The molecule has 0 radical (unpaired) electrons. The van der Waals surface area contributed by atoms with Crippen LogP contribution in [0.2, 0.25) is 5.02 Å². The van der Waals surface area contributed by atoms with Gasteiger partial charge in [-0.1, -0.05) is 37.6 Å². The predicted molar refractivity (Wildman–Crippen MR) is 62.0 cm³/mol. The number of hydrogen-bond donors (Lipinski definition) is 1. The Morgan fingerprint density at radius 2 is 1.87 bits per heavy atom. The second-order valence-corrected chi connectivity index (χ2v) is 4.88. The zero-order valence-corrected chi connectivity index (χ0v) is 9.92. The number of ether oxygens (including phenoxy) is 1. The van der Waals surface area contributed by atoms with Gasteiger partial charge in [-0.2, -0.15) is 0 Å². The summed E-state index contributed by atoms with van der Waals surface area (Å²) in [5.41, 5.74) is 0.917. The van der Waals surface area contributed by atoms with Crippen molar-refractivity contribution in [2.75, 3.05) is 13.2 Å². The molecule has 0 atom stereocenters. The molecular formula is C12H17ClO2. The third-order valence-corrected chi connectivity index (χ3v) is 2.35. The van der Waals surface area contributed by atoms with Crippen LogP contribution >= 0.6 is 11.6 Å². The van der Waals surface area contributed by atoms with Crippen LogP contribution in [0.4, 0.5) is 0 Å². The minimum atomic E-state index is -0.174. The fraction of sp³-hybridized carbons (Fsp3) is 0.500. The topological polar surface area (TPSA) is 29.5 Å². The lowest BCUT2D eigenvalue weighted by Gasteiger charge is -2.21. The fourth-order valence-electron chi connectivity index (χ4n) is 1.07. The number of rotatable bonds is 5. The van der Waals surface area contributed by atoms with Crippen LogP contribution in [-0.4, -0.2) is 18.3 Å². The van der Waals surface area contributed by atoms with E-state index in [1.165, 1.54) is 0 Å². The largest absolute Gasteiger partial charge is 0.396 e. The molecule has 0 aliphatic heterocycles. The molecule has 0 spiro atoms. The maximum absolute atomic E-state index is 9.03. The Morgan fingerprint density at radius 1 is 1.27 bits per heavy atom. The Bertz CT molecular complexity index is 293. The highest BCUT2D eigenvalue weighted by Gasteiger charge is 2.16. The van der Waals surface area contributed by atoms with Crippen LogP contribution in [0.1, 0.15) is 19.4 Å². The van der Waals surface area contributed by atoms with Gasteiger partial charge in [-0.3, -0.25) is 0 Å². The minimum Gasteiger partial charge on any atom is -0.396 e. The van der Waals surface area contributed by atoms with Gasteiger partial charge < -0.3 is 9.84 Å². The molecule has 0 saturated heterocycles. The fourth-order valence-corrected chi connectivity index (χ4v) is 1.20. The standard InChI is InChI=1S/C12H17ClO2/c1-12(2,8-14)9-15-7-10-3-5-11(13)6-4-10/h3-6,14H,7-9H2,1-2H3. The van der Waals surface area contributed by atoms with E-state index in [1.807, 2.05) is 38.1 Å². The number of aliphatic hydroxyl groups excluding tert-OH is 1. The molecule has 0 aliphatic carbocycles. The summed E-state index contributed by atoms with van der Waals surface area (Å²) >= 11 is 5.77. The average Bonchev–Trinajstić information content (AvgIpc) is 2.21. The van der Waals surface area contributed by atoms with Gasteiger partial charge in [0.15, 0.2) is 0 Å². The lowest BCUT2D eigenvalue weighted by Crippen LogP contribution is -2.23. The van der Waals surface area contributed by atoms with Crippen molar-refractivity contribution in [2.24, 2.45) is 5.41 Å². The number of hydrogen-bond acceptors (Lipinski definition) is 2. The molecule has 1 aromatic rings. The summed E-state index contributed by atoms with van der Waals surface area (Å²) in [4.78, 5) is 0. The summed E-state index contributed by atoms with van der Waals surface area (Å²) in [5, 5.41) is 9.76. The maximum atomic E-state index is 9.03. The average molecular weight is 229 g/mol. The molecule has 0 bridgehead atoms. The summed E-state index contributed by atoms with van der Waals surface area (Å²) in [7, 11) is 0. The monoisotopic (exact) mass is 228 g/mol. The smallest absolute Gasteiger partial charge is 0.0717 e. The van der Waals surface area contributed by atoms with E-state index in [2.05, 4.69) is 0 Å². The Kier molecular flexibility index (Phi) is 4.58. The summed E-state index contributed by atoms with van der Waals surface area (Å²) < 4.78 is 5.51. The first-order valence-corrected chi connectivity index (χ1v) is 5.34. The van der Waals surface area contributed by atoms with E-state index in [-0.39, 0.29) is 12.0 Å². The van der Waals surface area contributed by atoms with Crippen LogP contribution in [0.25, 0.3) is 0 Å². The van der Waals surface area contributed by atoms with Crippen molar-refractivity contribution < 1.29 is 9.84 Å². The van der Waals surface area contributed by atoms with E-state index in [1.54, 1.807) is 0 Å². The molecule has 2 nitrogen and oxygen atoms in total. The first kappa shape index (κ1) is 12.5. The SMILES string of the molecule is CC(C)(CO)COCc1ccc(Cl)cc1. The molecule has 15 heavy (non-hydrogen) atoms. The molecule has 0 saturated carbocycles. The van der Waals surface area contributed by atoms with E-state index < -0.39 is 0 Å². The molecule has 0 heterocycles. The Balaban J connectivity index is 2.35. The van der Waals surface area contributed by atoms with Crippen LogP contribution in [0.5, 0.6) is 0 Å². The van der Waals surface area contributed by atoms with E-state index in [0.717, 1.165) is 10.6 Å². The molecule has 1 rings (SSSR count). The Labute approximate surface area is 95.8 Å². The van der Waals surface area contributed by atoms with E-state index >= 15 is 0 Å². The van der Waals surface area contributed by atoms with Crippen molar-refractivity contribution in [1.82, 2.24) is 0 Å². The van der Waals surface area contributed by atoms with Gasteiger partial charge in [-0.05, 0) is 17.7 Å². The quantitative estimate of drug-likeness (QED) is 0.840. The summed E-state index contributed by atoms with van der Waals surface area (Å²) in [6.07, 6.45) is 0. The lowest BCUT2D eigenvalue weighted by molar-refractivity contribution is 0.0198. The highest BCUT2D eigenvalue weighted by atomic mass is 35.5. The zero-order chi connectivity index (χ0) is 11.3. The first-order chi connectivity index (χ1) is 7.03. The molecular weight excluding hydrogens is 212 g/mol. The minimum absolute atomic E-state index is 0.133. The summed E-state index contributed by atoms with van der Waals surface area (Å²) in [5.74, 6) is 0. The number of aliphatic hydroxyl groups is 1. The van der Waals surface area contributed by atoms with Gasteiger partial charge in [0.2, 0.25) is 0 Å². The molecule has 0 aliphatic rings. The van der Waals surface area contributed by atoms with Crippen LogP contribution in [0.3, 0.4) is 0 Å². The van der Waals surface area contributed by atoms with Crippen molar-refractivity contribution in [3.63, 3.8) is 0 Å². The molecule has 0 fully saturated rings. The molecule has 0 aromatic heterocycles. The van der Waals surface area contributed by atoms with Gasteiger partial charge in [0.25, 0.3) is 0 Å². The predicted octanol–water partition coefficient (Wildman–Crippen LogP) is 2.88. The second-order valence-electron chi connectivity index (χ2n) is 4.44. The molecule has 1 aromatic carbocycles. The highest BCUT2D eigenvalue weighted by Crippen LogP contribution is 2.15. The van der Waals surface area contributed by atoms with Crippen molar-refractivity contribution in [1.29, 1.82) is 0 Å². The van der Waals surface area contributed by atoms with Gasteiger partial charge in [-0.15, -0.1) is 0 Å². The van der Waals surface area contributed by atoms with Crippen molar-refractivity contribution in [2.45, 2.75) is 20.5 Å². The van der Waals surface area contributed by atoms with Crippen LogP contribution < -0.4 is 0 Å². The van der Waals surface area contributed by atoms with E-state index in [9.17, 15) is 0 Å². The number of halogens is 1. The van der Waals surface area contributed by atoms with Gasteiger partial charge in [0.05, 0.1) is 19.8 Å². The molecule has 84 valence electrons. The van der Waals surface area contributed by atoms with Crippen LogP contribution in [0.15, 0.2) is 24.3 Å².